The van der Waals surface area contributed by atoms with Gasteiger partial charge < -0.3 is 10.4 Å². The van der Waals surface area contributed by atoms with Crippen molar-refractivity contribution in [1.29, 1.82) is 0 Å². The molecule has 0 aliphatic heterocycles. The molecule has 0 aromatic carbocycles. The van der Waals surface area contributed by atoms with E-state index in [1.54, 1.807) is 18.3 Å². The normalized spacial score (nSPS) is 11.2. The van der Waals surface area contributed by atoms with Gasteiger partial charge in [-0.1, -0.05) is 20.8 Å². The Balaban J connectivity index is 2.85. The first kappa shape index (κ1) is 11.7. The summed E-state index contributed by atoms with van der Waals surface area (Å²) in [5, 5.41) is 11.8. The minimum Gasteiger partial charge on any atom is -0.390 e. The van der Waals surface area contributed by atoms with Gasteiger partial charge in [0.25, 0.3) is 0 Å². The zero-order chi connectivity index (χ0) is 11.5. The Hall–Kier alpha value is -1.42. The van der Waals surface area contributed by atoms with Gasteiger partial charge in [0.1, 0.15) is 0 Å². The lowest BCUT2D eigenvalue weighted by Crippen LogP contribution is -2.28. The number of carbonyl (C=O) groups is 1. The van der Waals surface area contributed by atoms with Crippen LogP contribution in [-0.4, -0.2) is 16.0 Å². The van der Waals surface area contributed by atoms with E-state index < -0.39 is 5.41 Å². The number of nitrogens with one attached hydrogen (secondary N) is 1. The molecule has 1 aromatic heterocycles. The maximum Gasteiger partial charge on any atom is 0.229 e. The van der Waals surface area contributed by atoms with Crippen LogP contribution in [-0.2, 0) is 11.4 Å². The molecular weight excluding hydrogens is 192 g/mol. The van der Waals surface area contributed by atoms with Crippen LogP contribution in [0.2, 0.25) is 0 Å². The molecule has 0 bridgehead atoms. The highest BCUT2D eigenvalue weighted by Crippen LogP contribution is 2.18. The van der Waals surface area contributed by atoms with Crippen molar-refractivity contribution in [3.8, 4) is 0 Å². The third-order valence-corrected chi connectivity index (χ3v) is 1.97. The first-order valence-electron chi connectivity index (χ1n) is 4.81. The number of hydrogen-bond acceptors (Lipinski definition) is 3. The van der Waals surface area contributed by atoms with Crippen molar-refractivity contribution < 1.29 is 9.90 Å². The van der Waals surface area contributed by atoms with Crippen LogP contribution in [0, 0.1) is 5.41 Å². The molecule has 4 nitrogen and oxygen atoms in total. The zero-order valence-corrected chi connectivity index (χ0v) is 9.24. The molecule has 1 aromatic rings. The van der Waals surface area contributed by atoms with Gasteiger partial charge >= 0.3 is 0 Å². The Morgan fingerprint density at radius 2 is 2.20 bits per heavy atom. The van der Waals surface area contributed by atoms with Gasteiger partial charge in [-0.15, -0.1) is 0 Å². The second-order valence-corrected chi connectivity index (χ2v) is 4.36. The Morgan fingerprint density at radius 1 is 1.53 bits per heavy atom. The van der Waals surface area contributed by atoms with Gasteiger partial charge in [0, 0.05) is 11.6 Å². The number of carbonyl (C=O) groups excluding carboxylic acids is 1. The van der Waals surface area contributed by atoms with E-state index in [4.69, 9.17) is 5.11 Å². The summed E-state index contributed by atoms with van der Waals surface area (Å²) < 4.78 is 0. The number of pyridine rings is 1. The summed E-state index contributed by atoms with van der Waals surface area (Å²) in [5.74, 6) is -0.0924. The predicted octanol–water partition coefficient (Wildman–Crippen LogP) is 1.56. The van der Waals surface area contributed by atoms with Gasteiger partial charge in [-0.2, -0.15) is 0 Å². The molecule has 1 amide bonds. The fraction of sp³-hybridized carbons (Fsp3) is 0.455. The smallest absolute Gasteiger partial charge is 0.229 e. The highest BCUT2D eigenvalue weighted by Gasteiger charge is 2.21. The summed E-state index contributed by atoms with van der Waals surface area (Å²) in [7, 11) is 0. The molecule has 82 valence electrons. The van der Waals surface area contributed by atoms with Crippen molar-refractivity contribution in [2.24, 2.45) is 5.41 Å². The second kappa shape index (κ2) is 4.40. The van der Waals surface area contributed by atoms with Crippen molar-refractivity contribution in [2.45, 2.75) is 27.4 Å². The molecule has 0 atom stereocenters. The molecule has 4 heteroatoms. The number of aromatic nitrogens is 1. The quantitative estimate of drug-likeness (QED) is 0.775. The van der Waals surface area contributed by atoms with Crippen LogP contribution in [0.15, 0.2) is 18.3 Å². The summed E-state index contributed by atoms with van der Waals surface area (Å²) in [6, 6.07) is 3.44. The molecule has 0 unspecified atom stereocenters. The van der Waals surface area contributed by atoms with E-state index in [1.807, 2.05) is 20.8 Å². The van der Waals surface area contributed by atoms with E-state index in [9.17, 15) is 4.79 Å². The van der Waals surface area contributed by atoms with E-state index in [-0.39, 0.29) is 12.5 Å². The third kappa shape index (κ3) is 3.02. The van der Waals surface area contributed by atoms with Gasteiger partial charge in [0.2, 0.25) is 5.91 Å². The van der Waals surface area contributed by atoms with Gasteiger partial charge in [-0.3, -0.25) is 9.78 Å². The first-order valence-corrected chi connectivity index (χ1v) is 4.81. The van der Waals surface area contributed by atoms with E-state index in [1.165, 1.54) is 0 Å². The van der Waals surface area contributed by atoms with E-state index >= 15 is 0 Å². The van der Waals surface area contributed by atoms with Crippen molar-refractivity contribution in [3.63, 3.8) is 0 Å². The molecule has 2 N–H and O–H groups in total. The molecule has 1 rings (SSSR count). The maximum absolute atomic E-state index is 11.7. The molecule has 0 saturated carbocycles. The van der Waals surface area contributed by atoms with E-state index in [2.05, 4.69) is 10.3 Å². The monoisotopic (exact) mass is 208 g/mol. The summed E-state index contributed by atoms with van der Waals surface area (Å²) in [5.41, 5.74) is 0.595. The van der Waals surface area contributed by atoms with Crippen LogP contribution in [0.1, 0.15) is 26.5 Å². The van der Waals surface area contributed by atoms with E-state index in [0.29, 0.717) is 11.4 Å². The highest BCUT2D eigenvalue weighted by molar-refractivity contribution is 5.94. The number of anilines is 1. The lowest BCUT2D eigenvalue weighted by atomic mass is 9.95. The Labute approximate surface area is 89.3 Å². The molecule has 1 heterocycles. The number of hydrogen-bond donors (Lipinski definition) is 2. The standard InChI is InChI=1S/C11H16N2O2/c1-11(2,3)10(15)13-8-5-4-6-12-9(8)7-14/h4-6,14H,7H2,1-3H3,(H,13,15). The summed E-state index contributed by atoms with van der Waals surface area (Å²) >= 11 is 0. The molecule has 0 aliphatic carbocycles. The minimum absolute atomic E-state index is 0.0924. The lowest BCUT2D eigenvalue weighted by Gasteiger charge is -2.18. The van der Waals surface area contributed by atoms with Crippen LogP contribution in [0.25, 0.3) is 0 Å². The minimum atomic E-state index is -0.456. The number of rotatable bonds is 2. The molecule has 0 fully saturated rings. The molecule has 0 radical (unpaired) electrons. The summed E-state index contributed by atoms with van der Waals surface area (Å²) in [6.45, 7) is 5.31. The summed E-state index contributed by atoms with van der Waals surface area (Å²) in [4.78, 5) is 15.6. The fourth-order valence-electron chi connectivity index (χ4n) is 0.988. The maximum atomic E-state index is 11.7. The Kier molecular flexibility index (Phi) is 3.42. The lowest BCUT2D eigenvalue weighted by molar-refractivity contribution is -0.123. The average molecular weight is 208 g/mol. The van der Waals surface area contributed by atoms with Gasteiger partial charge in [-0.05, 0) is 12.1 Å². The molecule has 15 heavy (non-hydrogen) atoms. The van der Waals surface area contributed by atoms with Crippen LogP contribution in [0.4, 0.5) is 5.69 Å². The summed E-state index contributed by atoms with van der Waals surface area (Å²) in [6.07, 6.45) is 1.58. The molecule has 0 saturated heterocycles. The van der Waals surface area contributed by atoms with Crippen molar-refractivity contribution in [3.05, 3.63) is 24.0 Å². The first-order chi connectivity index (χ1) is 6.95. The highest BCUT2D eigenvalue weighted by atomic mass is 16.3. The zero-order valence-electron chi connectivity index (χ0n) is 9.24. The number of amides is 1. The van der Waals surface area contributed by atoms with Crippen LogP contribution in [0.5, 0.6) is 0 Å². The Bertz CT molecular complexity index is 356. The second-order valence-electron chi connectivity index (χ2n) is 4.36. The van der Waals surface area contributed by atoms with Gasteiger partial charge in [0.05, 0.1) is 18.0 Å². The molecule has 0 aliphatic rings. The molecule has 0 spiro atoms. The van der Waals surface area contributed by atoms with Crippen molar-refractivity contribution in [1.82, 2.24) is 4.98 Å². The van der Waals surface area contributed by atoms with Crippen LogP contribution in [0.3, 0.4) is 0 Å². The Morgan fingerprint density at radius 3 is 2.73 bits per heavy atom. The van der Waals surface area contributed by atoms with E-state index in [0.717, 1.165) is 0 Å². The van der Waals surface area contributed by atoms with Crippen LogP contribution >= 0.6 is 0 Å². The largest absolute Gasteiger partial charge is 0.390 e. The SMILES string of the molecule is CC(C)(C)C(=O)Nc1cccnc1CO. The number of aliphatic hydroxyl groups excluding tert-OH is 1. The van der Waals surface area contributed by atoms with Gasteiger partial charge in [0.15, 0.2) is 0 Å². The van der Waals surface area contributed by atoms with Crippen LogP contribution < -0.4 is 5.32 Å². The topological polar surface area (TPSA) is 62.2 Å². The third-order valence-electron chi connectivity index (χ3n) is 1.97. The van der Waals surface area contributed by atoms with Crippen molar-refractivity contribution >= 4 is 11.6 Å². The van der Waals surface area contributed by atoms with Crippen molar-refractivity contribution in [2.75, 3.05) is 5.32 Å². The average Bonchev–Trinajstić information content (AvgIpc) is 2.17. The number of nitrogens with zero attached hydrogens (tertiary/aromatic N) is 1. The molecular formula is C11H16N2O2. The fourth-order valence-corrected chi connectivity index (χ4v) is 0.988. The number of aliphatic hydroxyl groups is 1. The predicted molar refractivity (Wildman–Crippen MR) is 58.2 cm³/mol. The van der Waals surface area contributed by atoms with Gasteiger partial charge in [-0.25, -0.2) is 0 Å².